The van der Waals surface area contributed by atoms with E-state index in [1.807, 2.05) is 0 Å². The SMILES string of the molecule is OC(Cc1cc(F)cc(Br)c1)C1(O)CCCC1. The van der Waals surface area contributed by atoms with E-state index in [0.29, 0.717) is 22.9 Å². The Hall–Kier alpha value is -0.450. The number of benzene rings is 1. The average Bonchev–Trinajstić information content (AvgIpc) is 2.64. The summed E-state index contributed by atoms with van der Waals surface area (Å²) in [6.07, 6.45) is 2.61. The highest BCUT2D eigenvalue weighted by Crippen LogP contribution is 2.34. The fourth-order valence-corrected chi connectivity index (χ4v) is 2.98. The topological polar surface area (TPSA) is 40.5 Å². The molecule has 0 saturated heterocycles. The van der Waals surface area contributed by atoms with Crippen LogP contribution >= 0.6 is 15.9 Å². The fraction of sp³-hybridized carbons (Fsp3) is 0.538. The third-order valence-corrected chi connectivity index (χ3v) is 3.90. The van der Waals surface area contributed by atoms with Gasteiger partial charge in [-0.15, -0.1) is 0 Å². The molecule has 0 aromatic heterocycles. The van der Waals surface area contributed by atoms with Gasteiger partial charge in [-0.25, -0.2) is 4.39 Å². The average molecular weight is 303 g/mol. The van der Waals surface area contributed by atoms with Crippen LogP contribution in [0, 0.1) is 5.82 Å². The first-order valence-electron chi connectivity index (χ1n) is 5.85. The van der Waals surface area contributed by atoms with Gasteiger partial charge in [0.25, 0.3) is 0 Å². The molecule has 0 spiro atoms. The number of rotatable bonds is 3. The van der Waals surface area contributed by atoms with Crippen molar-refractivity contribution in [1.29, 1.82) is 0 Å². The van der Waals surface area contributed by atoms with Crippen molar-refractivity contribution in [2.24, 2.45) is 0 Å². The number of aliphatic hydroxyl groups excluding tert-OH is 1. The van der Waals surface area contributed by atoms with E-state index in [9.17, 15) is 14.6 Å². The molecule has 0 radical (unpaired) electrons. The number of halogens is 2. The Morgan fingerprint density at radius 1 is 1.29 bits per heavy atom. The van der Waals surface area contributed by atoms with Crippen molar-refractivity contribution in [2.75, 3.05) is 0 Å². The summed E-state index contributed by atoms with van der Waals surface area (Å²) in [7, 11) is 0. The largest absolute Gasteiger partial charge is 0.390 e. The van der Waals surface area contributed by atoms with E-state index < -0.39 is 11.7 Å². The lowest BCUT2D eigenvalue weighted by molar-refractivity contribution is -0.0689. The van der Waals surface area contributed by atoms with Crippen LogP contribution in [0.5, 0.6) is 0 Å². The second kappa shape index (κ2) is 5.04. The molecule has 2 rings (SSSR count). The van der Waals surface area contributed by atoms with E-state index in [2.05, 4.69) is 15.9 Å². The van der Waals surface area contributed by atoms with Gasteiger partial charge in [0.2, 0.25) is 0 Å². The first kappa shape index (κ1) is 13.0. The standard InChI is InChI=1S/C13H16BrFO2/c14-10-5-9(6-11(15)8-10)7-12(16)13(17)3-1-2-4-13/h5-6,8,12,16-17H,1-4,7H2. The van der Waals surface area contributed by atoms with Gasteiger partial charge >= 0.3 is 0 Å². The third-order valence-electron chi connectivity index (χ3n) is 3.44. The zero-order chi connectivity index (χ0) is 12.5. The van der Waals surface area contributed by atoms with Crippen LogP contribution in [-0.2, 0) is 6.42 Å². The minimum atomic E-state index is -0.987. The highest BCUT2D eigenvalue weighted by atomic mass is 79.9. The van der Waals surface area contributed by atoms with Gasteiger partial charge in [-0.05, 0) is 36.6 Å². The van der Waals surface area contributed by atoms with Crippen LogP contribution in [0.25, 0.3) is 0 Å². The van der Waals surface area contributed by atoms with Gasteiger partial charge < -0.3 is 10.2 Å². The van der Waals surface area contributed by atoms with Crippen LogP contribution in [0.15, 0.2) is 22.7 Å². The molecule has 1 aromatic rings. The van der Waals surface area contributed by atoms with Gasteiger partial charge in [0.05, 0.1) is 11.7 Å². The summed E-state index contributed by atoms with van der Waals surface area (Å²) in [6.45, 7) is 0. The van der Waals surface area contributed by atoms with E-state index in [0.717, 1.165) is 12.8 Å². The molecule has 0 bridgehead atoms. The molecule has 1 atom stereocenters. The van der Waals surface area contributed by atoms with E-state index in [1.165, 1.54) is 12.1 Å². The summed E-state index contributed by atoms with van der Waals surface area (Å²) >= 11 is 3.22. The van der Waals surface area contributed by atoms with Gasteiger partial charge in [0.1, 0.15) is 5.82 Å². The summed E-state index contributed by atoms with van der Waals surface area (Å²) in [5.41, 5.74) is -0.289. The maximum Gasteiger partial charge on any atom is 0.124 e. The summed E-state index contributed by atoms with van der Waals surface area (Å²) in [4.78, 5) is 0. The molecule has 17 heavy (non-hydrogen) atoms. The lowest BCUT2D eigenvalue weighted by Crippen LogP contribution is -2.40. The summed E-state index contributed by atoms with van der Waals surface area (Å²) < 4.78 is 13.8. The molecule has 4 heteroatoms. The van der Waals surface area contributed by atoms with E-state index >= 15 is 0 Å². The molecule has 1 fully saturated rings. The molecule has 1 unspecified atom stereocenters. The molecular weight excluding hydrogens is 287 g/mol. The fourth-order valence-electron chi connectivity index (χ4n) is 2.46. The predicted octanol–water partition coefficient (Wildman–Crippen LogP) is 2.80. The Morgan fingerprint density at radius 3 is 2.53 bits per heavy atom. The first-order valence-corrected chi connectivity index (χ1v) is 6.64. The van der Waals surface area contributed by atoms with Crippen LogP contribution in [0.3, 0.4) is 0 Å². The van der Waals surface area contributed by atoms with Crippen molar-refractivity contribution in [1.82, 2.24) is 0 Å². The van der Waals surface area contributed by atoms with Crippen LogP contribution in [0.4, 0.5) is 4.39 Å². The monoisotopic (exact) mass is 302 g/mol. The second-order valence-corrected chi connectivity index (χ2v) is 5.72. The van der Waals surface area contributed by atoms with Crippen LogP contribution in [0.1, 0.15) is 31.2 Å². The van der Waals surface area contributed by atoms with Gasteiger partial charge in [-0.3, -0.25) is 0 Å². The van der Waals surface area contributed by atoms with Crippen molar-refractivity contribution in [2.45, 2.75) is 43.8 Å². The predicted molar refractivity (Wildman–Crippen MR) is 67.2 cm³/mol. The maximum atomic E-state index is 13.2. The second-order valence-electron chi connectivity index (χ2n) is 4.81. The quantitative estimate of drug-likeness (QED) is 0.901. The van der Waals surface area contributed by atoms with Gasteiger partial charge in [0, 0.05) is 10.9 Å². The van der Waals surface area contributed by atoms with E-state index in [4.69, 9.17) is 0 Å². The molecule has 0 amide bonds. The first-order chi connectivity index (χ1) is 7.99. The Labute approximate surface area is 109 Å². The Bertz CT molecular complexity index is 382. The van der Waals surface area contributed by atoms with E-state index in [-0.39, 0.29) is 12.2 Å². The normalized spacial score (nSPS) is 20.5. The number of hydrogen-bond donors (Lipinski definition) is 2. The molecule has 94 valence electrons. The van der Waals surface area contributed by atoms with Gasteiger partial charge in [0.15, 0.2) is 0 Å². The molecule has 1 aliphatic carbocycles. The van der Waals surface area contributed by atoms with Crippen LogP contribution in [0.2, 0.25) is 0 Å². The van der Waals surface area contributed by atoms with Crippen molar-refractivity contribution in [3.05, 3.63) is 34.1 Å². The van der Waals surface area contributed by atoms with Crippen LogP contribution in [-0.4, -0.2) is 21.9 Å². The van der Waals surface area contributed by atoms with Gasteiger partial charge in [-0.2, -0.15) is 0 Å². The zero-order valence-electron chi connectivity index (χ0n) is 9.50. The summed E-state index contributed by atoms with van der Waals surface area (Å²) in [5, 5.41) is 20.3. The van der Waals surface area contributed by atoms with Gasteiger partial charge in [-0.1, -0.05) is 28.8 Å². The van der Waals surface area contributed by atoms with Crippen molar-refractivity contribution < 1.29 is 14.6 Å². The molecule has 2 nitrogen and oxygen atoms in total. The molecule has 1 aliphatic rings. The molecule has 1 saturated carbocycles. The summed E-state index contributed by atoms with van der Waals surface area (Å²) in [6, 6.07) is 4.54. The van der Waals surface area contributed by atoms with Crippen molar-refractivity contribution in [3.63, 3.8) is 0 Å². The maximum absolute atomic E-state index is 13.2. The van der Waals surface area contributed by atoms with Crippen molar-refractivity contribution in [3.8, 4) is 0 Å². The summed E-state index contributed by atoms with van der Waals surface area (Å²) in [5.74, 6) is -0.333. The number of aliphatic hydroxyl groups is 2. The molecule has 2 N–H and O–H groups in total. The zero-order valence-corrected chi connectivity index (χ0v) is 11.1. The Balaban J connectivity index is 2.09. The highest BCUT2D eigenvalue weighted by molar-refractivity contribution is 9.10. The molecular formula is C13H16BrFO2. The lowest BCUT2D eigenvalue weighted by Gasteiger charge is -2.28. The molecule has 0 heterocycles. The lowest BCUT2D eigenvalue weighted by atomic mass is 9.90. The molecule has 0 aliphatic heterocycles. The molecule has 1 aromatic carbocycles. The Kier molecular flexibility index (Phi) is 3.85. The minimum Gasteiger partial charge on any atom is -0.390 e. The Morgan fingerprint density at radius 2 is 1.94 bits per heavy atom. The highest BCUT2D eigenvalue weighted by Gasteiger charge is 2.38. The smallest absolute Gasteiger partial charge is 0.124 e. The van der Waals surface area contributed by atoms with Crippen LogP contribution < -0.4 is 0 Å². The van der Waals surface area contributed by atoms with Crippen molar-refractivity contribution >= 4 is 15.9 Å². The number of hydrogen-bond acceptors (Lipinski definition) is 2. The van der Waals surface area contributed by atoms with E-state index in [1.54, 1.807) is 6.07 Å². The minimum absolute atomic E-state index is 0.285. The third kappa shape index (κ3) is 3.06.